The average molecular weight is 653 g/mol. The third-order valence-corrected chi connectivity index (χ3v) is 7.83. The zero-order valence-corrected chi connectivity index (χ0v) is 25.7. The molecule has 7 nitrogen and oxygen atoms in total. The number of hydrogen-bond acceptors (Lipinski definition) is 6. The monoisotopic (exact) mass is 653 g/mol. The Labute approximate surface area is 267 Å². The van der Waals surface area contributed by atoms with Gasteiger partial charge in [-0.05, 0) is 6.07 Å². The number of halogens is 6. The standard InChI is InChI=1S/C33H30BF6N5O2/c1-17(2)10-26-30(46)23-14-20(34-4)11-18(3)29(23)45(26)31(47)19-12-21(7-8-22-15-43-27(16-42-22)33(38,39)40)44-25(13-19)28-24(32(35,36)37)6-5-9-41-28/h5-6,9,11-12,14-17,25,46H,4,7-8,10,13H2,1-3H3. The van der Waals surface area contributed by atoms with E-state index < -0.39 is 35.6 Å². The molecular formula is C33H30BF6N5O2. The summed E-state index contributed by atoms with van der Waals surface area (Å²) in [5.74, 6) is -0.578. The van der Waals surface area contributed by atoms with Crippen molar-refractivity contribution >= 4 is 41.4 Å². The zero-order chi connectivity index (χ0) is 34.3. The second-order valence-electron chi connectivity index (χ2n) is 11.8. The molecule has 1 N–H and O–H groups in total. The molecule has 3 aromatic heterocycles. The van der Waals surface area contributed by atoms with Crippen molar-refractivity contribution in [3.8, 4) is 5.75 Å². The van der Waals surface area contributed by atoms with Gasteiger partial charge in [-0.1, -0.05) is 0 Å². The van der Waals surface area contributed by atoms with Crippen molar-refractivity contribution in [3.05, 3.63) is 88.4 Å². The molecule has 5 rings (SSSR count). The second kappa shape index (κ2) is 12.9. The molecule has 1 atom stereocenters. The number of aliphatic imine (C=N–C) groups is 1. The van der Waals surface area contributed by atoms with E-state index in [0.717, 1.165) is 23.8 Å². The number of aromatic nitrogens is 4. The van der Waals surface area contributed by atoms with E-state index in [0.29, 0.717) is 34.8 Å². The molecule has 244 valence electrons. The maximum atomic E-state index is 14.5. The maximum absolute atomic E-state index is 14.5. The summed E-state index contributed by atoms with van der Waals surface area (Å²) in [4.78, 5) is 30.3. The second-order valence-corrected chi connectivity index (χ2v) is 11.8. The topological polar surface area (TPSA) is 93.3 Å². The molecule has 1 aromatic carbocycles. The van der Waals surface area contributed by atoms with Gasteiger partial charge in [-0.25, -0.2) is 4.98 Å². The van der Waals surface area contributed by atoms with Crippen molar-refractivity contribution in [2.45, 2.75) is 64.8 Å². The van der Waals surface area contributed by atoms with Crippen LogP contribution in [0.4, 0.5) is 26.3 Å². The fourth-order valence-corrected chi connectivity index (χ4v) is 5.75. The summed E-state index contributed by atoms with van der Waals surface area (Å²) in [6.07, 6.45) is -4.91. The van der Waals surface area contributed by atoms with Crippen molar-refractivity contribution in [3.63, 3.8) is 0 Å². The van der Waals surface area contributed by atoms with E-state index in [9.17, 15) is 36.2 Å². The SMILES string of the molecule is C=Bc1cc(C)c2c(c1)c(O)c(CC(C)C)n2C(=O)C1=CC(CCc2cnc(C(F)(F)F)cn2)=NC(c2ncccc2C(F)(F)F)C1. The van der Waals surface area contributed by atoms with Crippen LogP contribution >= 0.6 is 0 Å². The number of nitrogens with zero attached hydrogens (tertiary/aromatic N) is 5. The van der Waals surface area contributed by atoms with Gasteiger partial charge in [0.25, 0.3) is 0 Å². The molecule has 47 heavy (non-hydrogen) atoms. The van der Waals surface area contributed by atoms with Crippen LogP contribution in [0.5, 0.6) is 5.75 Å². The average Bonchev–Trinajstić information content (AvgIpc) is 3.29. The van der Waals surface area contributed by atoms with Gasteiger partial charge < -0.3 is 0 Å². The first-order valence-corrected chi connectivity index (χ1v) is 14.8. The Morgan fingerprint density at radius 2 is 1.83 bits per heavy atom. The number of carbonyl (C=O) groups is 1. The van der Waals surface area contributed by atoms with Gasteiger partial charge in [-0.2, -0.15) is 26.3 Å². The molecule has 0 saturated heterocycles. The van der Waals surface area contributed by atoms with Crippen LogP contribution in [-0.4, -0.2) is 49.6 Å². The Morgan fingerprint density at radius 1 is 1.09 bits per heavy atom. The third kappa shape index (κ3) is 7.06. The molecule has 0 bridgehead atoms. The number of fused-ring (bicyclic) bond motifs is 1. The van der Waals surface area contributed by atoms with Crippen molar-refractivity contribution in [2.75, 3.05) is 0 Å². The molecule has 1 unspecified atom stereocenters. The summed E-state index contributed by atoms with van der Waals surface area (Å²) < 4.78 is 82.5. The fourth-order valence-electron chi connectivity index (χ4n) is 5.75. The molecule has 0 fully saturated rings. The van der Waals surface area contributed by atoms with Crippen LogP contribution in [0.1, 0.15) is 71.4 Å². The van der Waals surface area contributed by atoms with Crippen molar-refractivity contribution < 1.29 is 36.2 Å². The number of carbonyl (C=O) groups excluding carboxylic acids is 1. The van der Waals surface area contributed by atoms with Crippen LogP contribution < -0.4 is 5.46 Å². The minimum atomic E-state index is -4.74. The molecule has 1 aliphatic heterocycles. The van der Waals surface area contributed by atoms with Gasteiger partial charge in [0.15, 0.2) is 5.69 Å². The molecular weight excluding hydrogens is 623 g/mol. The van der Waals surface area contributed by atoms with E-state index in [-0.39, 0.29) is 53.6 Å². The summed E-state index contributed by atoms with van der Waals surface area (Å²) in [5.41, 5.74) is 0.298. The Morgan fingerprint density at radius 3 is 2.45 bits per heavy atom. The Bertz CT molecular complexity index is 1910. The number of rotatable bonds is 8. The van der Waals surface area contributed by atoms with Gasteiger partial charge in [0.2, 0.25) is 0 Å². The number of allylic oxidation sites excluding steroid dienone is 1. The van der Waals surface area contributed by atoms with Gasteiger partial charge in [-0.15, -0.1) is 0 Å². The van der Waals surface area contributed by atoms with E-state index in [1.54, 1.807) is 19.9 Å². The molecule has 0 saturated carbocycles. The van der Waals surface area contributed by atoms with E-state index >= 15 is 0 Å². The van der Waals surface area contributed by atoms with Crippen LogP contribution in [0.2, 0.25) is 0 Å². The van der Waals surface area contributed by atoms with Gasteiger partial charge in [-0.3, -0.25) is 4.98 Å². The summed E-state index contributed by atoms with van der Waals surface area (Å²) in [5, 5.41) is 11.8. The van der Waals surface area contributed by atoms with E-state index in [1.807, 2.05) is 19.9 Å². The van der Waals surface area contributed by atoms with Gasteiger partial charge in [0, 0.05) is 6.20 Å². The Hall–Kier alpha value is -4.62. The Balaban J connectivity index is 1.61. The minimum absolute atomic E-state index is 0.0360. The van der Waals surface area contributed by atoms with Crippen molar-refractivity contribution in [1.29, 1.82) is 0 Å². The van der Waals surface area contributed by atoms with Gasteiger partial charge >= 0.3 is 207 Å². The third-order valence-electron chi connectivity index (χ3n) is 7.83. The summed E-state index contributed by atoms with van der Waals surface area (Å²) in [7, 11) is 0. The molecule has 1 aliphatic rings. The number of hydrogen-bond donors (Lipinski definition) is 1. The number of dihydropyridines is 1. The van der Waals surface area contributed by atoms with Gasteiger partial charge in [0.1, 0.15) is 0 Å². The summed E-state index contributed by atoms with van der Waals surface area (Å²) in [6.45, 7) is 11.1. The van der Waals surface area contributed by atoms with Crippen molar-refractivity contribution in [2.24, 2.45) is 10.9 Å². The Kier molecular flexibility index (Phi) is 9.25. The summed E-state index contributed by atoms with van der Waals surface area (Å²) in [6, 6.07) is 4.41. The zero-order valence-electron chi connectivity index (χ0n) is 25.7. The molecule has 4 aromatic rings. The van der Waals surface area contributed by atoms with Crippen LogP contribution in [0.15, 0.2) is 59.5 Å². The molecule has 14 heteroatoms. The predicted molar refractivity (Wildman–Crippen MR) is 167 cm³/mol. The quantitative estimate of drug-likeness (QED) is 0.171. The van der Waals surface area contributed by atoms with E-state index in [1.165, 1.54) is 16.8 Å². The molecule has 0 radical (unpaired) electrons. The van der Waals surface area contributed by atoms with Crippen LogP contribution in [0, 0.1) is 12.8 Å². The molecule has 4 heterocycles. The first kappa shape index (κ1) is 33.7. The van der Waals surface area contributed by atoms with Crippen LogP contribution in [0.3, 0.4) is 0 Å². The van der Waals surface area contributed by atoms with E-state index in [4.69, 9.17) is 0 Å². The fraction of sp³-hybridized carbons (Fsp3) is 0.333. The number of aromatic hydroxyl groups is 1. The van der Waals surface area contributed by atoms with Gasteiger partial charge in [0.05, 0.1) is 6.20 Å². The molecule has 0 spiro atoms. The molecule has 0 aliphatic carbocycles. The number of pyridine rings is 1. The summed E-state index contributed by atoms with van der Waals surface area (Å²) >= 11 is 0. The first-order chi connectivity index (χ1) is 22.1. The number of aryl methyl sites for hydroxylation is 2. The van der Waals surface area contributed by atoms with Crippen molar-refractivity contribution in [1.82, 2.24) is 19.5 Å². The molecule has 0 amide bonds. The van der Waals surface area contributed by atoms with E-state index in [2.05, 4.69) is 26.4 Å². The normalized spacial score (nSPS) is 15.5. The van der Waals surface area contributed by atoms with Crippen LogP contribution in [-0.2, 0) is 25.2 Å². The van der Waals surface area contributed by atoms with Crippen LogP contribution in [0.25, 0.3) is 10.9 Å². The predicted octanol–water partition coefficient (Wildman–Crippen LogP) is 6.62. The number of alkyl halides is 6. The first-order valence-electron chi connectivity index (χ1n) is 14.8. The number of benzene rings is 1.